The van der Waals surface area contributed by atoms with E-state index in [1.165, 1.54) is 0 Å². The third-order valence-corrected chi connectivity index (χ3v) is 3.02. The minimum atomic E-state index is 0.346. The van der Waals surface area contributed by atoms with Crippen LogP contribution in [-0.4, -0.2) is 26.4 Å². The van der Waals surface area contributed by atoms with Gasteiger partial charge in [0.2, 0.25) is 0 Å². The molecule has 4 heteroatoms. The smallest absolute Gasteiger partial charge is 0.121 e. The third-order valence-electron chi connectivity index (χ3n) is 2.69. The van der Waals surface area contributed by atoms with Crippen molar-refractivity contribution in [1.82, 2.24) is 0 Å². The molecule has 1 N–H and O–H groups in total. The summed E-state index contributed by atoms with van der Waals surface area (Å²) in [7, 11) is 1.65. The van der Waals surface area contributed by atoms with E-state index >= 15 is 0 Å². The van der Waals surface area contributed by atoms with Crippen molar-refractivity contribution < 1.29 is 9.47 Å². The Hall–Kier alpha value is -0.930. The normalized spacial score (nSPS) is 20.5. The summed E-state index contributed by atoms with van der Waals surface area (Å²) in [6.45, 7) is 1.61. The van der Waals surface area contributed by atoms with Crippen LogP contribution in [0.3, 0.4) is 0 Å². The summed E-state index contributed by atoms with van der Waals surface area (Å²) in [4.78, 5) is 0. The topological polar surface area (TPSA) is 30.5 Å². The van der Waals surface area contributed by atoms with E-state index in [0.717, 1.165) is 37.5 Å². The summed E-state index contributed by atoms with van der Waals surface area (Å²) in [5.41, 5.74) is 0.913. The van der Waals surface area contributed by atoms with Crippen molar-refractivity contribution in [3.05, 3.63) is 23.2 Å². The van der Waals surface area contributed by atoms with Gasteiger partial charge in [-0.25, -0.2) is 0 Å². The molecule has 1 aliphatic heterocycles. The van der Waals surface area contributed by atoms with Crippen molar-refractivity contribution in [2.75, 3.05) is 25.6 Å². The van der Waals surface area contributed by atoms with Gasteiger partial charge >= 0.3 is 0 Å². The van der Waals surface area contributed by atoms with Gasteiger partial charge in [-0.15, -0.1) is 0 Å². The molecule has 0 aromatic heterocycles. The quantitative estimate of drug-likeness (QED) is 0.883. The highest BCUT2D eigenvalue weighted by Gasteiger charge is 2.14. The van der Waals surface area contributed by atoms with E-state index in [1.807, 2.05) is 18.2 Å². The molecular weight excluding hydrogens is 226 g/mol. The number of hydrogen-bond donors (Lipinski definition) is 1. The molecule has 0 saturated carbocycles. The summed E-state index contributed by atoms with van der Waals surface area (Å²) in [5.74, 6) is 0.809. The molecule has 2 rings (SSSR count). The van der Waals surface area contributed by atoms with Crippen molar-refractivity contribution in [3.8, 4) is 5.75 Å². The first-order valence-electron chi connectivity index (χ1n) is 5.47. The highest BCUT2D eigenvalue weighted by molar-refractivity contribution is 6.33. The standard InChI is InChI=1S/C12H16ClNO2/c1-15-10-4-5-11(13)12(7-10)14-9-3-2-6-16-8-9/h4-5,7,9,14H,2-3,6,8H2,1H3. The molecule has 3 nitrogen and oxygen atoms in total. The number of hydrogen-bond acceptors (Lipinski definition) is 3. The van der Waals surface area contributed by atoms with Crippen LogP contribution in [0, 0.1) is 0 Å². The Labute approximate surface area is 101 Å². The summed E-state index contributed by atoms with van der Waals surface area (Å²) >= 11 is 6.11. The average molecular weight is 242 g/mol. The van der Waals surface area contributed by atoms with Crippen LogP contribution in [0.5, 0.6) is 5.75 Å². The molecule has 0 spiro atoms. The van der Waals surface area contributed by atoms with E-state index in [2.05, 4.69) is 5.32 Å². The number of ether oxygens (including phenoxy) is 2. The minimum Gasteiger partial charge on any atom is -0.497 e. The molecule has 1 heterocycles. The van der Waals surface area contributed by atoms with Crippen LogP contribution in [0.25, 0.3) is 0 Å². The molecule has 88 valence electrons. The fraction of sp³-hybridized carbons (Fsp3) is 0.500. The molecule has 0 amide bonds. The lowest BCUT2D eigenvalue weighted by Crippen LogP contribution is -2.30. The zero-order chi connectivity index (χ0) is 11.4. The molecule has 1 unspecified atom stereocenters. The zero-order valence-corrected chi connectivity index (χ0v) is 10.1. The molecule has 1 aliphatic rings. The van der Waals surface area contributed by atoms with Crippen LogP contribution in [0.4, 0.5) is 5.69 Å². The predicted molar refractivity (Wildman–Crippen MR) is 65.5 cm³/mol. The van der Waals surface area contributed by atoms with E-state index in [4.69, 9.17) is 21.1 Å². The molecule has 0 radical (unpaired) electrons. The molecule has 1 atom stereocenters. The lowest BCUT2D eigenvalue weighted by molar-refractivity contribution is 0.0876. The second kappa shape index (κ2) is 5.41. The largest absolute Gasteiger partial charge is 0.497 e. The van der Waals surface area contributed by atoms with Crippen LogP contribution in [0.15, 0.2) is 18.2 Å². The first-order chi connectivity index (χ1) is 7.79. The van der Waals surface area contributed by atoms with Crippen LogP contribution in [0.2, 0.25) is 5.02 Å². The fourth-order valence-electron chi connectivity index (χ4n) is 1.82. The van der Waals surface area contributed by atoms with E-state index in [9.17, 15) is 0 Å². The summed E-state index contributed by atoms with van der Waals surface area (Å²) in [6.07, 6.45) is 2.22. The average Bonchev–Trinajstić information content (AvgIpc) is 2.33. The van der Waals surface area contributed by atoms with Gasteiger partial charge in [0.25, 0.3) is 0 Å². The van der Waals surface area contributed by atoms with Gasteiger partial charge in [-0.3, -0.25) is 0 Å². The molecule has 1 aromatic rings. The Morgan fingerprint density at radius 3 is 3.06 bits per heavy atom. The van der Waals surface area contributed by atoms with Crippen molar-refractivity contribution in [1.29, 1.82) is 0 Å². The molecular formula is C12H16ClNO2. The van der Waals surface area contributed by atoms with Crippen LogP contribution in [0.1, 0.15) is 12.8 Å². The zero-order valence-electron chi connectivity index (χ0n) is 9.33. The lowest BCUT2D eigenvalue weighted by atomic mass is 10.1. The highest BCUT2D eigenvalue weighted by atomic mass is 35.5. The molecule has 0 aliphatic carbocycles. The monoisotopic (exact) mass is 241 g/mol. The van der Waals surface area contributed by atoms with E-state index in [-0.39, 0.29) is 0 Å². The van der Waals surface area contributed by atoms with E-state index in [0.29, 0.717) is 11.1 Å². The molecule has 0 bridgehead atoms. The number of methoxy groups -OCH3 is 1. The number of nitrogens with one attached hydrogen (secondary N) is 1. The van der Waals surface area contributed by atoms with Crippen molar-refractivity contribution in [2.45, 2.75) is 18.9 Å². The Morgan fingerprint density at radius 2 is 2.38 bits per heavy atom. The summed E-state index contributed by atoms with van der Waals surface area (Å²) in [6, 6.07) is 5.95. The highest BCUT2D eigenvalue weighted by Crippen LogP contribution is 2.28. The van der Waals surface area contributed by atoms with Crippen LogP contribution < -0.4 is 10.1 Å². The molecule has 1 fully saturated rings. The minimum absolute atomic E-state index is 0.346. The number of rotatable bonds is 3. The van der Waals surface area contributed by atoms with Crippen molar-refractivity contribution in [2.24, 2.45) is 0 Å². The van der Waals surface area contributed by atoms with Gasteiger partial charge in [-0.2, -0.15) is 0 Å². The number of anilines is 1. The summed E-state index contributed by atoms with van der Waals surface area (Å²) in [5, 5.41) is 4.10. The maximum absolute atomic E-state index is 6.11. The van der Waals surface area contributed by atoms with Crippen LogP contribution in [-0.2, 0) is 4.74 Å². The van der Waals surface area contributed by atoms with Gasteiger partial charge < -0.3 is 14.8 Å². The van der Waals surface area contributed by atoms with E-state index < -0.39 is 0 Å². The first-order valence-corrected chi connectivity index (χ1v) is 5.85. The maximum Gasteiger partial charge on any atom is 0.121 e. The van der Waals surface area contributed by atoms with Gasteiger partial charge in [0, 0.05) is 18.7 Å². The second-order valence-electron chi connectivity index (χ2n) is 3.90. The van der Waals surface area contributed by atoms with Crippen LogP contribution >= 0.6 is 11.6 Å². The van der Waals surface area contributed by atoms with Gasteiger partial charge in [0.1, 0.15) is 5.75 Å². The Morgan fingerprint density at radius 1 is 1.50 bits per heavy atom. The summed E-state index contributed by atoms with van der Waals surface area (Å²) < 4.78 is 10.6. The molecule has 16 heavy (non-hydrogen) atoms. The molecule has 1 aromatic carbocycles. The predicted octanol–water partition coefficient (Wildman–Crippen LogP) is 2.94. The van der Waals surface area contributed by atoms with Gasteiger partial charge in [-0.05, 0) is 25.0 Å². The van der Waals surface area contributed by atoms with Crippen molar-refractivity contribution >= 4 is 17.3 Å². The Kier molecular flexibility index (Phi) is 3.91. The van der Waals surface area contributed by atoms with E-state index in [1.54, 1.807) is 7.11 Å². The number of halogens is 1. The second-order valence-corrected chi connectivity index (χ2v) is 4.31. The lowest BCUT2D eigenvalue weighted by Gasteiger charge is -2.24. The van der Waals surface area contributed by atoms with Gasteiger partial charge in [0.15, 0.2) is 0 Å². The maximum atomic E-state index is 6.11. The third kappa shape index (κ3) is 2.80. The van der Waals surface area contributed by atoms with Crippen molar-refractivity contribution in [3.63, 3.8) is 0 Å². The Balaban J connectivity index is 2.06. The Bertz CT molecular complexity index is 351. The first kappa shape index (κ1) is 11.6. The number of benzene rings is 1. The van der Waals surface area contributed by atoms with Gasteiger partial charge in [0.05, 0.1) is 24.4 Å². The molecule has 1 saturated heterocycles. The SMILES string of the molecule is COc1ccc(Cl)c(NC2CCCOC2)c1. The fourth-order valence-corrected chi connectivity index (χ4v) is 1.99. The van der Waals surface area contributed by atoms with Gasteiger partial charge in [-0.1, -0.05) is 11.6 Å².